The lowest BCUT2D eigenvalue weighted by Gasteiger charge is -2.12. The molecule has 0 fully saturated rings. The predicted molar refractivity (Wildman–Crippen MR) is 126 cm³/mol. The number of nitrogens with one attached hydrogen (secondary N) is 3. The van der Waals surface area contributed by atoms with Gasteiger partial charge in [0.2, 0.25) is 0 Å². The average Bonchev–Trinajstić information content (AvgIpc) is 2.86. The number of hydrogen-bond acceptors (Lipinski definition) is 10. The van der Waals surface area contributed by atoms with Crippen molar-refractivity contribution in [3.05, 3.63) is 98.1 Å². The van der Waals surface area contributed by atoms with Gasteiger partial charge in [-0.25, -0.2) is 13.2 Å². The Bertz CT molecular complexity index is 1460. The van der Waals surface area contributed by atoms with Gasteiger partial charge in [0.25, 0.3) is 27.3 Å². The first-order chi connectivity index (χ1) is 17.0. The minimum Gasteiger partial charge on any atom is -0.465 e. The van der Waals surface area contributed by atoms with Crippen LogP contribution < -0.4 is 15.6 Å². The van der Waals surface area contributed by atoms with Crippen LogP contribution in [0.3, 0.4) is 0 Å². The van der Waals surface area contributed by atoms with Crippen molar-refractivity contribution in [1.29, 1.82) is 0 Å². The van der Waals surface area contributed by atoms with Gasteiger partial charge in [0.15, 0.2) is 0 Å². The highest BCUT2D eigenvalue weighted by atomic mass is 32.2. The summed E-state index contributed by atoms with van der Waals surface area (Å²) < 4.78 is 32.0. The number of hydrogen-bond donors (Lipinski definition) is 3. The summed E-state index contributed by atoms with van der Waals surface area (Å²) in [6.07, 6.45) is 0. The van der Waals surface area contributed by atoms with Crippen molar-refractivity contribution < 1.29 is 32.6 Å². The van der Waals surface area contributed by atoms with Crippen molar-refractivity contribution >= 4 is 44.6 Å². The van der Waals surface area contributed by atoms with Crippen molar-refractivity contribution in [2.24, 2.45) is 0 Å². The third-order valence-electron chi connectivity index (χ3n) is 4.62. The molecule has 0 aromatic heterocycles. The minimum absolute atomic E-state index is 0.248. The van der Waals surface area contributed by atoms with E-state index in [4.69, 9.17) is 0 Å². The van der Waals surface area contributed by atoms with Crippen LogP contribution in [0.4, 0.5) is 22.7 Å². The zero-order valence-electron chi connectivity index (χ0n) is 18.3. The number of nitro groups is 2. The molecule has 0 atom stereocenters. The van der Waals surface area contributed by atoms with Crippen molar-refractivity contribution in [2.45, 2.75) is 4.90 Å². The smallest absolute Gasteiger partial charge is 0.338 e. The number of rotatable bonds is 9. The summed E-state index contributed by atoms with van der Waals surface area (Å²) in [6.45, 7) is 0. The number of amides is 1. The van der Waals surface area contributed by atoms with E-state index in [9.17, 15) is 38.2 Å². The van der Waals surface area contributed by atoms with Gasteiger partial charge in [-0.2, -0.15) is 0 Å². The van der Waals surface area contributed by atoms with Crippen LogP contribution in [0, 0.1) is 20.2 Å². The fourth-order valence-corrected chi connectivity index (χ4v) is 4.01. The summed E-state index contributed by atoms with van der Waals surface area (Å²) in [7, 11) is -3.11. The van der Waals surface area contributed by atoms with Crippen LogP contribution in [0.1, 0.15) is 20.7 Å². The Morgan fingerprint density at radius 2 is 1.56 bits per heavy atom. The molecule has 14 nitrogen and oxygen atoms in total. The first kappa shape index (κ1) is 25.6. The third kappa shape index (κ3) is 5.89. The fourth-order valence-electron chi connectivity index (χ4n) is 2.94. The van der Waals surface area contributed by atoms with Gasteiger partial charge in [-0.05, 0) is 30.3 Å². The number of carbonyl (C=O) groups excluding carboxylic acids is 2. The highest BCUT2D eigenvalue weighted by molar-refractivity contribution is 7.92. The molecule has 3 aromatic rings. The molecule has 0 radical (unpaired) electrons. The molecule has 15 heteroatoms. The van der Waals surface area contributed by atoms with Gasteiger partial charge >= 0.3 is 5.97 Å². The Hall–Kier alpha value is -5.05. The Balaban J connectivity index is 1.85. The van der Waals surface area contributed by atoms with Crippen molar-refractivity contribution in [1.82, 2.24) is 5.43 Å². The summed E-state index contributed by atoms with van der Waals surface area (Å²) in [5, 5.41) is 22.7. The van der Waals surface area contributed by atoms with Crippen LogP contribution in [0.5, 0.6) is 0 Å². The first-order valence-corrected chi connectivity index (χ1v) is 11.3. The zero-order valence-corrected chi connectivity index (χ0v) is 19.1. The van der Waals surface area contributed by atoms with E-state index in [2.05, 4.69) is 20.3 Å². The largest absolute Gasteiger partial charge is 0.465 e. The molecule has 0 unspecified atom stereocenters. The molecule has 3 N–H and O–H groups in total. The minimum atomic E-state index is -4.17. The van der Waals surface area contributed by atoms with E-state index in [-0.39, 0.29) is 22.5 Å². The Labute approximate surface area is 203 Å². The van der Waals surface area contributed by atoms with Crippen molar-refractivity contribution in [3.8, 4) is 0 Å². The number of carbonyl (C=O) groups is 2. The lowest BCUT2D eigenvalue weighted by atomic mass is 10.1. The normalized spacial score (nSPS) is 10.7. The van der Waals surface area contributed by atoms with Gasteiger partial charge in [0.05, 0.1) is 27.4 Å². The van der Waals surface area contributed by atoms with Gasteiger partial charge in [-0.1, -0.05) is 18.2 Å². The second kappa shape index (κ2) is 10.5. The molecule has 0 bridgehead atoms. The van der Waals surface area contributed by atoms with E-state index in [1.165, 1.54) is 12.1 Å². The topological polar surface area (TPSA) is 200 Å². The number of esters is 1. The van der Waals surface area contributed by atoms with E-state index in [1.807, 2.05) is 0 Å². The number of sulfonamides is 1. The molecule has 0 saturated heterocycles. The number of benzene rings is 3. The molecule has 0 spiro atoms. The Morgan fingerprint density at radius 1 is 0.889 bits per heavy atom. The van der Waals surface area contributed by atoms with Gasteiger partial charge < -0.3 is 4.74 Å². The van der Waals surface area contributed by atoms with Crippen molar-refractivity contribution in [2.75, 3.05) is 17.3 Å². The number of nitrogens with zero attached hydrogens (tertiary/aromatic N) is 2. The predicted octanol–water partition coefficient (Wildman–Crippen LogP) is 2.85. The summed E-state index contributed by atoms with van der Waals surface area (Å²) in [6, 6.07) is 13.7. The molecule has 186 valence electrons. The molecule has 0 aliphatic rings. The molecular weight excluding hydrogens is 498 g/mol. The molecule has 0 heterocycles. The molecule has 0 saturated carbocycles. The van der Waals surface area contributed by atoms with Crippen LogP contribution >= 0.6 is 0 Å². The number of ether oxygens (including phenoxy) is 1. The van der Waals surface area contributed by atoms with E-state index in [1.54, 1.807) is 18.2 Å². The number of anilines is 2. The highest BCUT2D eigenvalue weighted by Gasteiger charge is 2.23. The van der Waals surface area contributed by atoms with Crippen LogP contribution in [-0.4, -0.2) is 37.3 Å². The molecular formula is C21H17N5O9S. The van der Waals surface area contributed by atoms with Gasteiger partial charge in [0.1, 0.15) is 5.69 Å². The second-order valence-corrected chi connectivity index (χ2v) is 8.69. The monoisotopic (exact) mass is 515 g/mol. The Morgan fingerprint density at radius 3 is 2.17 bits per heavy atom. The van der Waals surface area contributed by atoms with E-state index >= 15 is 0 Å². The summed E-state index contributed by atoms with van der Waals surface area (Å²) in [5.74, 6) is -1.89. The van der Waals surface area contributed by atoms with E-state index < -0.39 is 48.0 Å². The fraction of sp³-hybridized carbons (Fsp3) is 0.0476. The average molecular weight is 515 g/mol. The SMILES string of the molecule is COC(=O)c1cc(C(=O)NNc2ccc(S(=O)(=O)Nc3ccccc3)cc2[N+](=O)[O-])cc([N+](=O)[O-])c1. The van der Waals surface area contributed by atoms with Gasteiger partial charge in [-0.15, -0.1) is 0 Å². The van der Waals surface area contributed by atoms with Crippen LogP contribution in [-0.2, 0) is 14.8 Å². The molecule has 3 rings (SSSR count). The quantitative estimate of drug-likeness (QED) is 0.216. The number of para-hydroxylation sites is 1. The number of methoxy groups -OCH3 is 1. The molecule has 0 aliphatic heterocycles. The molecule has 36 heavy (non-hydrogen) atoms. The Kier molecular flexibility index (Phi) is 7.44. The zero-order chi connectivity index (χ0) is 26.5. The maximum atomic E-state index is 12.6. The third-order valence-corrected chi connectivity index (χ3v) is 6.00. The molecule has 3 aromatic carbocycles. The lowest BCUT2D eigenvalue weighted by molar-refractivity contribution is -0.384. The van der Waals surface area contributed by atoms with Crippen molar-refractivity contribution in [3.63, 3.8) is 0 Å². The van der Waals surface area contributed by atoms with E-state index in [0.717, 1.165) is 43.5 Å². The summed E-state index contributed by atoms with van der Waals surface area (Å²) >= 11 is 0. The lowest BCUT2D eigenvalue weighted by Crippen LogP contribution is -2.30. The first-order valence-electron chi connectivity index (χ1n) is 9.82. The maximum absolute atomic E-state index is 12.6. The maximum Gasteiger partial charge on any atom is 0.338 e. The number of nitro benzene ring substituents is 2. The molecule has 1 amide bonds. The highest BCUT2D eigenvalue weighted by Crippen LogP contribution is 2.28. The summed E-state index contributed by atoms with van der Waals surface area (Å²) in [5.41, 5.74) is 2.58. The number of non-ortho nitro benzene ring substituents is 1. The number of hydrazine groups is 1. The van der Waals surface area contributed by atoms with Gasteiger partial charge in [-0.3, -0.25) is 40.6 Å². The van der Waals surface area contributed by atoms with Crippen LogP contribution in [0.15, 0.2) is 71.6 Å². The summed E-state index contributed by atoms with van der Waals surface area (Å²) in [4.78, 5) is 44.9. The van der Waals surface area contributed by atoms with Crippen LogP contribution in [0.2, 0.25) is 0 Å². The van der Waals surface area contributed by atoms with Crippen LogP contribution in [0.25, 0.3) is 0 Å². The van der Waals surface area contributed by atoms with E-state index in [0.29, 0.717) is 0 Å². The second-order valence-electron chi connectivity index (χ2n) is 7.00. The standard InChI is InChI=1S/C21H17N5O9S/c1-35-21(28)14-9-13(10-16(11-14)25(29)30)20(27)23-22-18-8-7-17(12-19(18)26(31)32)36(33,34)24-15-5-3-2-4-6-15/h2-12,22,24H,1H3,(H,23,27). The van der Waals surface area contributed by atoms with Gasteiger partial charge in [0, 0.05) is 29.4 Å². The molecule has 0 aliphatic carbocycles.